The molecule has 0 amide bonds. The number of ether oxygens (including phenoxy) is 2. The van der Waals surface area contributed by atoms with Crippen LogP contribution in [0, 0.1) is 0 Å². The molecule has 1 aromatic carbocycles. The van der Waals surface area contributed by atoms with E-state index in [9.17, 15) is 0 Å². The van der Waals surface area contributed by atoms with E-state index in [-0.39, 0.29) is 6.10 Å². The van der Waals surface area contributed by atoms with Gasteiger partial charge in [0.25, 0.3) is 0 Å². The summed E-state index contributed by atoms with van der Waals surface area (Å²) in [6.07, 6.45) is 1.22. The van der Waals surface area contributed by atoms with Crippen LogP contribution < -0.4 is 5.73 Å². The largest absolute Gasteiger partial charge is 0.399 e. The summed E-state index contributed by atoms with van der Waals surface area (Å²) < 4.78 is 10.8. The van der Waals surface area contributed by atoms with Crippen molar-refractivity contribution in [2.75, 3.05) is 31.8 Å². The zero-order valence-corrected chi connectivity index (χ0v) is 10.3. The zero-order chi connectivity index (χ0) is 11.4. The van der Waals surface area contributed by atoms with Crippen molar-refractivity contribution in [3.63, 3.8) is 0 Å². The average molecular weight is 239 g/mol. The van der Waals surface area contributed by atoms with Crippen LogP contribution in [0.1, 0.15) is 18.1 Å². The topological polar surface area (TPSA) is 44.5 Å². The van der Waals surface area contributed by atoms with Gasteiger partial charge in [-0.25, -0.2) is 0 Å². The van der Waals surface area contributed by atoms with Crippen LogP contribution in [0.2, 0.25) is 0 Å². The second-order valence-electron chi connectivity index (χ2n) is 3.79. The van der Waals surface area contributed by atoms with Gasteiger partial charge in [0, 0.05) is 23.4 Å². The van der Waals surface area contributed by atoms with E-state index in [4.69, 9.17) is 15.2 Å². The van der Waals surface area contributed by atoms with Crippen molar-refractivity contribution in [1.29, 1.82) is 0 Å². The molecule has 1 unspecified atom stereocenters. The Kier molecular flexibility index (Phi) is 4.09. The first kappa shape index (κ1) is 11.8. The molecule has 0 aliphatic carbocycles. The van der Waals surface area contributed by atoms with Gasteiger partial charge in [0.05, 0.1) is 19.3 Å². The molecule has 0 bridgehead atoms. The maximum absolute atomic E-state index is 5.81. The number of fused-ring (bicyclic) bond motifs is 1. The van der Waals surface area contributed by atoms with Crippen LogP contribution in [-0.2, 0) is 9.47 Å². The third kappa shape index (κ3) is 2.70. The third-order valence-corrected chi connectivity index (χ3v) is 3.75. The summed E-state index contributed by atoms with van der Waals surface area (Å²) in [5, 5.41) is 0. The standard InChI is InChI=1S/C12H17NO2S/c1-14-5-6-15-11-4-7-16-12-3-2-9(13)8-10(11)12/h2-3,8,11H,4-7,13H2,1H3. The van der Waals surface area contributed by atoms with Crippen molar-refractivity contribution < 1.29 is 9.47 Å². The smallest absolute Gasteiger partial charge is 0.0845 e. The number of methoxy groups -OCH3 is 1. The lowest BCUT2D eigenvalue weighted by Gasteiger charge is -2.25. The number of anilines is 1. The van der Waals surface area contributed by atoms with Crippen LogP contribution in [0.4, 0.5) is 5.69 Å². The van der Waals surface area contributed by atoms with Crippen LogP contribution >= 0.6 is 11.8 Å². The minimum Gasteiger partial charge on any atom is -0.399 e. The number of rotatable bonds is 4. The Morgan fingerprint density at radius 1 is 1.44 bits per heavy atom. The molecule has 0 radical (unpaired) electrons. The molecular formula is C12H17NO2S. The van der Waals surface area contributed by atoms with Crippen molar-refractivity contribution in [1.82, 2.24) is 0 Å². The fourth-order valence-electron chi connectivity index (χ4n) is 1.83. The predicted octanol–water partition coefficient (Wildman–Crippen LogP) is 2.47. The molecule has 0 saturated carbocycles. The van der Waals surface area contributed by atoms with Crippen LogP contribution in [0.5, 0.6) is 0 Å². The Hall–Kier alpha value is -0.710. The van der Waals surface area contributed by atoms with Crippen molar-refractivity contribution in [3.8, 4) is 0 Å². The fraction of sp³-hybridized carbons (Fsp3) is 0.500. The van der Waals surface area contributed by atoms with E-state index in [1.807, 2.05) is 23.9 Å². The normalized spacial score (nSPS) is 19.4. The number of thioether (sulfide) groups is 1. The Morgan fingerprint density at radius 3 is 3.12 bits per heavy atom. The Balaban J connectivity index is 2.09. The van der Waals surface area contributed by atoms with Gasteiger partial charge < -0.3 is 15.2 Å². The first-order chi connectivity index (χ1) is 7.81. The number of hydrogen-bond donors (Lipinski definition) is 1. The summed E-state index contributed by atoms with van der Waals surface area (Å²) in [5.41, 5.74) is 7.85. The van der Waals surface area contributed by atoms with Gasteiger partial charge in [0.1, 0.15) is 0 Å². The summed E-state index contributed by atoms with van der Waals surface area (Å²) in [4.78, 5) is 1.29. The molecule has 88 valence electrons. The monoisotopic (exact) mass is 239 g/mol. The SMILES string of the molecule is COCCOC1CCSc2ccc(N)cc21. The zero-order valence-electron chi connectivity index (χ0n) is 9.44. The second kappa shape index (κ2) is 5.57. The highest BCUT2D eigenvalue weighted by atomic mass is 32.2. The molecule has 1 heterocycles. The third-order valence-electron chi connectivity index (χ3n) is 2.62. The van der Waals surface area contributed by atoms with Crippen molar-refractivity contribution in [2.45, 2.75) is 17.4 Å². The summed E-state index contributed by atoms with van der Waals surface area (Å²) in [5.74, 6) is 1.11. The molecule has 0 aromatic heterocycles. The second-order valence-corrected chi connectivity index (χ2v) is 4.92. The van der Waals surface area contributed by atoms with Crippen LogP contribution in [0.3, 0.4) is 0 Å². The summed E-state index contributed by atoms with van der Waals surface area (Å²) in [6, 6.07) is 6.06. The van der Waals surface area contributed by atoms with E-state index >= 15 is 0 Å². The summed E-state index contributed by atoms with van der Waals surface area (Å²) >= 11 is 1.87. The van der Waals surface area contributed by atoms with Crippen LogP contribution in [0.25, 0.3) is 0 Å². The number of nitrogens with two attached hydrogens (primary N) is 1. The highest BCUT2D eigenvalue weighted by molar-refractivity contribution is 7.99. The van der Waals surface area contributed by atoms with Crippen molar-refractivity contribution >= 4 is 17.4 Å². The lowest BCUT2D eigenvalue weighted by atomic mass is 10.1. The molecule has 2 N–H and O–H groups in total. The molecule has 2 rings (SSSR count). The molecule has 1 aliphatic rings. The highest BCUT2D eigenvalue weighted by Gasteiger charge is 2.21. The van der Waals surface area contributed by atoms with Gasteiger partial charge in [-0.3, -0.25) is 0 Å². The first-order valence-electron chi connectivity index (χ1n) is 5.44. The van der Waals surface area contributed by atoms with Gasteiger partial charge in [-0.05, 0) is 30.2 Å². The first-order valence-corrected chi connectivity index (χ1v) is 6.42. The van der Waals surface area contributed by atoms with E-state index < -0.39 is 0 Å². The van der Waals surface area contributed by atoms with Gasteiger partial charge in [-0.2, -0.15) is 0 Å². The van der Waals surface area contributed by atoms with E-state index in [0.29, 0.717) is 13.2 Å². The molecule has 16 heavy (non-hydrogen) atoms. The van der Waals surface area contributed by atoms with Gasteiger partial charge in [0.2, 0.25) is 0 Å². The minimum atomic E-state index is 0.176. The minimum absolute atomic E-state index is 0.176. The van der Waals surface area contributed by atoms with Crippen LogP contribution in [-0.4, -0.2) is 26.1 Å². The summed E-state index contributed by atoms with van der Waals surface area (Å²) in [6.45, 7) is 1.28. The number of hydrogen-bond acceptors (Lipinski definition) is 4. The number of benzene rings is 1. The molecule has 0 saturated heterocycles. The average Bonchev–Trinajstić information content (AvgIpc) is 2.30. The molecule has 1 aliphatic heterocycles. The molecule has 4 heteroatoms. The lowest BCUT2D eigenvalue weighted by Crippen LogP contribution is -2.14. The van der Waals surface area contributed by atoms with Crippen LogP contribution in [0.15, 0.2) is 23.1 Å². The van der Waals surface area contributed by atoms with E-state index in [1.54, 1.807) is 7.11 Å². The van der Waals surface area contributed by atoms with Gasteiger partial charge in [-0.1, -0.05) is 0 Å². The quantitative estimate of drug-likeness (QED) is 0.647. The van der Waals surface area contributed by atoms with E-state index in [1.165, 1.54) is 10.5 Å². The molecule has 3 nitrogen and oxygen atoms in total. The van der Waals surface area contributed by atoms with Crippen molar-refractivity contribution in [2.24, 2.45) is 0 Å². The number of nitrogen functional groups attached to an aromatic ring is 1. The van der Waals surface area contributed by atoms with Gasteiger partial charge >= 0.3 is 0 Å². The molecular weight excluding hydrogens is 222 g/mol. The predicted molar refractivity (Wildman–Crippen MR) is 66.8 cm³/mol. The molecule has 0 fully saturated rings. The summed E-state index contributed by atoms with van der Waals surface area (Å²) in [7, 11) is 1.69. The fourth-order valence-corrected chi connectivity index (χ4v) is 2.90. The van der Waals surface area contributed by atoms with Gasteiger partial charge in [-0.15, -0.1) is 11.8 Å². The molecule has 1 atom stereocenters. The van der Waals surface area contributed by atoms with E-state index in [2.05, 4.69) is 6.07 Å². The van der Waals surface area contributed by atoms with Gasteiger partial charge in [0.15, 0.2) is 0 Å². The lowest BCUT2D eigenvalue weighted by molar-refractivity contribution is 0.0130. The van der Waals surface area contributed by atoms with Crippen molar-refractivity contribution in [3.05, 3.63) is 23.8 Å². The maximum atomic E-state index is 5.81. The highest BCUT2D eigenvalue weighted by Crippen LogP contribution is 2.38. The Labute approximate surface area is 100 Å². The molecule has 1 aromatic rings. The Bertz CT molecular complexity index is 357. The van der Waals surface area contributed by atoms with E-state index in [0.717, 1.165) is 17.9 Å². The maximum Gasteiger partial charge on any atom is 0.0845 e. The Morgan fingerprint density at radius 2 is 2.31 bits per heavy atom. The molecule has 0 spiro atoms.